The number of carbonyl (C=O) groups excluding carboxylic acids is 2. The molecule has 0 spiro atoms. The molecule has 0 heterocycles. The minimum absolute atomic E-state index is 0.157. The lowest BCUT2D eigenvalue weighted by atomic mass is 10.0. The van der Waals surface area contributed by atoms with E-state index in [0.717, 1.165) is 0 Å². The van der Waals surface area contributed by atoms with E-state index >= 15 is 0 Å². The van der Waals surface area contributed by atoms with Gasteiger partial charge in [0.15, 0.2) is 0 Å². The first-order valence-corrected chi connectivity index (χ1v) is 7.63. The smallest absolute Gasteiger partial charge is 0.337 e. The number of rotatable bonds is 6. The third kappa shape index (κ3) is 5.52. The van der Waals surface area contributed by atoms with E-state index in [0.29, 0.717) is 5.56 Å². The molecular formula is C13H16O7S. The highest BCUT2D eigenvalue weighted by molar-refractivity contribution is 7.85. The summed E-state index contributed by atoms with van der Waals surface area (Å²) in [5, 5.41) is 0. The lowest BCUT2D eigenvalue weighted by molar-refractivity contribution is 0.0599. The topological polar surface area (TPSA) is 107 Å². The van der Waals surface area contributed by atoms with E-state index in [-0.39, 0.29) is 24.0 Å². The van der Waals surface area contributed by atoms with Crippen molar-refractivity contribution in [3.05, 3.63) is 34.9 Å². The molecule has 1 aromatic rings. The fourth-order valence-electron chi connectivity index (χ4n) is 1.77. The molecule has 0 aliphatic rings. The largest absolute Gasteiger partial charge is 0.465 e. The first kappa shape index (κ1) is 17.1. The molecule has 0 aromatic heterocycles. The maximum absolute atomic E-state index is 11.6. The number of carbonyl (C=O) groups is 2. The molecule has 0 radical (unpaired) electrons. The highest BCUT2D eigenvalue weighted by Gasteiger charge is 2.14. The average molecular weight is 316 g/mol. The van der Waals surface area contributed by atoms with E-state index in [1.807, 2.05) is 0 Å². The highest BCUT2D eigenvalue weighted by Crippen LogP contribution is 2.14. The number of hydrogen-bond acceptors (Lipinski definition) is 6. The second-order valence-electron chi connectivity index (χ2n) is 4.29. The standard InChI is InChI=1S/C13H16O7S/c1-19-12(14)10-6-9(4-3-5-21(16,17)18)7-11(8-10)13(15)20-2/h6-8H,3-5H2,1-2H3,(H,16,17,18). The molecule has 0 atom stereocenters. The van der Waals surface area contributed by atoms with Crippen LogP contribution in [0.1, 0.15) is 32.7 Å². The van der Waals surface area contributed by atoms with E-state index in [4.69, 9.17) is 4.55 Å². The van der Waals surface area contributed by atoms with Gasteiger partial charge in [-0.05, 0) is 36.6 Å². The maximum Gasteiger partial charge on any atom is 0.337 e. The van der Waals surface area contributed by atoms with Crippen LogP contribution in [0.2, 0.25) is 0 Å². The molecule has 0 aliphatic carbocycles. The maximum atomic E-state index is 11.6. The van der Waals surface area contributed by atoms with Crippen molar-refractivity contribution < 1.29 is 32.0 Å². The first-order chi connectivity index (χ1) is 9.76. The van der Waals surface area contributed by atoms with Gasteiger partial charge in [0.2, 0.25) is 0 Å². The molecule has 0 saturated heterocycles. The number of hydrogen-bond donors (Lipinski definition) is 1. The van der Waals surface area contributed by atoms with Crippen molar-refractivity contribution in [2.75, 3.05) is 20.0 Å². The predicted molar refractivity (Wildman–Crippen MR) is 73.9 cm³/mol. The quantitative estimate of drug-likeness (QED) is 0.618. The Hall–Kier alpha value is -1.93. The van der Waals surface area contributed by atoms with Gasteiger partial charge in [0.1, 0.15) is 0 Å². The van der Waals surface area contributed by atoms with Gasteiger partial charge in [0.25, 0.3) is 10.1 Å². The zero-order chi connectivity index (χ0) is 16.0. The summed E-state index contributed by atoms with van der Waals surface area (Å²) in [5.41, 5.74) is 0.909. The van der Waals surface area contributed by atoms with E-state index < -0.39 is 27.8 Å². The fraction of sp³-hybridized carbons (Fsp3) is 0.385. The van der Waals surface area contributed by atoms with Crippen molar-refractivity contribution in [2.24, 2.45) is 0 Å². The summed E-state index contributed by atoms with van der Waals surface area (Å²) >= 11 is 0. The van der Waals surface area contributed by atoms with Gasteiger partial charge in [0.05, 0.1) is 31.1 Å². The van der Waals surface area contributed by atoms with Crippen LogP contribution >= 0.6 is 0 Å². The molecule has 0 aliphatic heterocycles. The van der Waals surface area contributed by atoms with Crippen molar-refractivity contribution in [3.63, 3.8) is 0 Å². The van der Waals surface area contributed by atoms with Crippen molar-refractivity contribution in [1.82, 2.24) is 0 Å². The monoisotopic (exact) mass is 316 g/mol. The second-order valence-corrected chi connectivity index (χ2v) is 5.86. The van der Waals surface area contributed by atoms with Crippen molar-refractivity contribution in [3.8, 4) is 0 Å². The Kier molecular flexibility index (Phi) is 5.86. The van der Waals surface area contributed by atoms with Crippen LogP contribution in [0.15, 0.2) is 18.2 Å². The van der Waals surface area contributed by atoms with Crippen LogP contribution in [-0.2, 0) is 26.0 Å². The van der Waals surface area contributed by atoms with E-state index in [2.05, 4.69) is 9.47 Å². The van der Waals surface area contributed by atoms with Crippen LogP contribution in [0.4, 0.5) is 0 Å². The van der Waals surface area contributed by atoms with Crippen LogP contribution in [0.5, 0.6) is 0 Å². The lowest BCUT2D eigenvalue weighted by Gasteiger charge is -2.07. The van der Waals surface area contributed by atoms with Gasteiger partial charge in [-0.15, -0.1) is 0 Å². The molecule has 0 unspecified atom stereocenters. The van der Waals surface area contributed by atoms with Crippen molar-refractivity contribution >= 4 is 22.1 Å². The second kappa shape index (κ2) is 7.19. The summed E-state index contributed by atoms with van der Waals surface area (Å²) in [6.07, 6.45) is 0.429. The van der Waals surface area contributed by atoms with Crippen molar-refractivity contribution in [2.45, 2.75) is 12.8 Å². The number of ether oxygens (including phenoxy) is 2. The van der Waals surface area contributed by atoms with E-state index in [9.17, 15) is 18.0 Å². The van der Waals surface area contributed by atoms with Gasteiger partial charge >= 0.3 is 11.9 Å². The summed E-state index contributed by atoms with van der Waals surface area (Å²) in [4.78, 5) is 23.1. The third-order valence-electron chi connectivity index (χ3n) is 2.70. The summed E-state index contributed by atoms with van der Waals surface area (Å²) in [5.74, 6) is -1.63. The number of benzene rings is 1. The third-order valence-corrected chi connectivity index (χ3v) is 3.51. The summed E-state index contributed by atoms with van der Waals surface area (Å²) in [7, 11) is -1.61. The molecule has 1 rings (SSSR count). The number of aryl methyl sites for hydroxylation is 1. The molecule has 0 bridgehead atoms. The molecular weight excluding hydrogens is 300 g/mol. The van der Waals surface area contributed by atoms with Crippen LogP contribution < -0.4 is 0 Å². The zero-order valence-electron chi connectivity index (χ0n) is 11.7. The van der Waals surface area contributed by atoms with Gasteiger partial charge in [-0.25, -0.2) is 9.59 Å². The Balaban J connectivity index is 3.01. The molecule has 116 valence electrons. The lowest BCUT2D eigenvalue weighted by Crippen LogP contribution is -2.09. The number of esters is 2. The normalized spacial score (nSPS) is 11.0. The average Bonchev–Trinajstić information content (AvgIpc) is 2.43. The van der Waals surface area contributed by atoms with E-state index in [1.54, 1.807) is 0 Å². The molecule has 1 aromatic carbocycles. The Bertz CT molecular complexity index is 600. The summed E-state index contributed by atoms with van der Waals surface area (Å²) in [6.45, 7) is 0. The first-order valence-electron chi connectivity index (χ1n) is 6.02. The Morgan fingerprint density at radius 3 is 1.90 bits per heavy atom. The zero-order valence-corrected chi connectivity index (χ0v) is 12.5. The van der Waals surface area contributed by atoms with Crippen LogP contribution in [0.25, 0.3) is 0 Å². The highest BCUT2D eigenvalue weighted by atomic mass is 32.2. The summed E-state index contributed by atoms with van der Waals surface area (Å²) < 4.78 is 39.2. The SMILES string of the molecule is COC(=O)c1cc(CCCS(=O)(=O)O)cc(C(=O)OC)c1. The summed E-state index contributed by atoms with van der Waals surface area (Å²) in [6, 6.07) is 4.34. The van der Waals surface area contributed by atoms with Gasteiger partial charge in [-0.1, -0.05) is 0 Å². The minimum atomic E-state index is -4.04. The minimum Gasteiger partial charge on any atom is -0.465 e. The van der Waals surface area contributed by atoms with Gasteiger partial charge in [-0.2, -0.15) is 8.42 Å². The van der Waals surface area contributed by atoms with Crippen LogP contribution in [0, 0.1) is 0 Å². The molecule has 21 heavy (non-hydrogen) atoms. The molecule has 8 heteroatoms. The molecule has 1 N–H and O–H groups in total. The van der Waals surface area contributed by atoms with Crippen LogP contribution in [-0.4, -0.2) is 44.9 Å². The molecule has 0 amide bonds. The molecule has 0 fully saturated rings. The van der Waals surface area contributed by atoms with E-state index in [1.165, 1.54) is 32.4 Å². The molecule has 0 saturated carbocycles. The van der Waals surface area contributed by atoms with Gasteiger partial charge in [-0.3, -0.25) is 4.55 Å². The van der Waals surface area contributed by atoms with Crippen LogP contribution in [0.3, 0.4) is 0 Å². The van der Waals surface area contributed by atoms with Gasteiger partial charge < -0.3 is 9.47 Å². The Labute approximate surface area is 122 Å². The molecule has 7 nitrogen and oxygen atoms in total. The Morgan fingerprint density at radius 2 is 1.52 bits per heavy atom. The van der Waals surface area contributed by atoms with Crippen molar-refractivity contribution in [1.29, 1.82) is 0 Å². The Morgan fingerprint density at radius 1 is 1.05 bits per heavy atom. The fourth-order valence-corrected chi connectivity index (χ4v) is 2.28. The van der Waals surface area contributed by atoms with Gasteiger partial charge in [0, 0.05) is 0 Å². The number of methoxy groups -OCH3 is 2. The predicted octanol–water partition coefficient (Wildman–Crippen LogP) is 1.08.